The molecule has 0 N–H and O–H groups in total. The Balaban J connectivity index is 1.81. The van der Waals surface area contributed by atoms with Gasteiger partial charge in [0.05, 0.1) is 10.0 Å². The molecule has 0 saturated heterocycles. The molecule has 0 saturated carbocycles. The summed E-state index contributed by atoms with van der Waals surface area (Å²) in [5.41, 5.74) is 2.87. The van der Waals surface area contributed by atoms with E-state index in [-0.39, 0.29) is 10.0 Å². The highest BCUT2D eigenvalue weighted by atomic mass is 35.5. The van der Waals surface area contributed by atoms with E-state index in [1.807, 2.05) is 24.3 Å². The van der Waals surface area contributed by atoms with Crippen LogP contribution in [0.15, 0.2) is 60.7 Å². The highest BCUT2D eigenvalue weighted by Gasteiger charge is 2.11. The third kappa shape index (κ3) is 4.19. The molecule has 0 spiro atoms. The normalized spacial score (nSPS) is 10.5. The number of aldehydes is 1. The minimum Gasteiger partial charge on any atom is -0.489 e. The molecular formula is C20H13Cl2FO2. The third-order valence-corrected chi connectivity index (χ3v) is 4.24. The molecule has 0 fully saturated rings. The van der Waals surface area contributed by atoms with Gasteiger partial charge >= 0.3 is 0 Å². The second-order valence-electron chi connectivity index (χ2n) is 5.42. The van der Waals surface area contributed by atoms with Crippen molar-refractivity contribution in [1.82, 2.24) is 0 Å². The molecule has 126 valence electrons. The average Bonchev–Trinajstić information content (AvgIpc) is 2.60. The Kier molecular flexibility index (Phi) is 5.37. The summed E-state index contributed by atoms with van der Waals surface area (Å²) >= 11 is 12.3. The first-order valence-corrected chi connectivity index (χ1v) is 8.24. The molecule has 3 aromatic carbocycles. The summed E-state index contributed by atoms with van der Waals surface area (Å²) in [6, 6.07) is 16.9. The number of ether oxygens (including phenoxy) is 1. The zero-order valence-corrected chi connectivity index (χ0v) is 14.5. The molecule has 0 aliphatic carbocycles. The van der Waals surface area contributed by atoms with Crippen LogP contribution in [0.1, 0.15) is 15.9 Å². The smallest absolute Gasteiger partial charge is 0.150 e. The molecule has 2 nitrogen and oxygen atoms in total. The summed E-state index contributed by atoms with van der Waals surface area (Å²) in [6.07, 6.45) is 0.781. The molecule has 0 bridgehead atoms. The molecular weight excluding hydrogens is 362 g/mol. The zero-order chi connectivity index (χ0) is 17.8. The average molecular weight is 375 g/mol. The Hall–Kier alpha value is -2.36. The Morgan fingerprint density at radius 1 is 0.960 bits per heavy atom. The van der Waals surface area contributed by atoms with Crippen LogP contribution in [0.3, 0.4) is 0 Å². The minimum atomic E-state index is -0.475. The second kappa shape index (κ2) is 7.68. The van der Waals surface area contributed by atoms with Crippen LogP contribution in [0.2, 0.25) is 10.0 Å². The van der Waals surface area contributed by atoms with E-state index in [2.05, 4.69) is 0 Å². The Morgan fingerprint density at radius 3 is 2.28 bits per heavy atom. The van der Waals surface area contributed by atoms with E-state index >= 15 is 0 Å². The number of benzene rings is 3. The summed E-state index contributed by atoms with van der Waals surface area (Å²) < 4.78 is 19.1. The summed E-state index contributed by atoms with van der Waals surface area (Å²) in [6.45, 7) is 0.338. The lowest BCUT2D eigenvalue weighted by atomic mass is 10.0. The van der Waals surface area contributed by atoms with Crippen LogP contribution >= 0.6 is 23.2 Å². The Morgan fingerprint density at radius 2 is 1.64 bits per heavy atom. The maximum Gasteiger partial charge on any atom is 0.150 e. The number of hydrogen-bond acceptors (Lipinski definition) is 2. The molecule has 0 atom stereocenters. The summed E-state index contributed by atoms with van der Waals surface area (Å²) in [5, 5.41) is 0.514. The Labute approximate surface area is 154 Å². The summed E-state index contributed by atoms with van der Waals surface area (Å²) in [5.74, 6) is 0.186. The second-order valence-corrected chi connectivity index (χ2v) is 6.23. The number of rotatable bonds is 5. The van der Waals surface area contributed by atoms with Crippen molar-refractivity contribution >= 4 is 29.5 Å². The highest BCUT2D eigenvalue weighted by molar-refractivity contribution is 6.39. The van der Waals surface area contributed by atoms with Crippen molar-refractivity contribution in [3.63, 3.8) is 0 Å². The van der Waals surface area contributed by atoms with Crippen LogP contribution in [-0.2, 0) is 6.61 Å². The topological polar surface area (TPSA) is 26.3 Å². The third-order valence-electron chi connectivity index (χ3n) is 3.64. The largest absolute Gasteiger partial charge is 0.489 e. The van der Waals surface area contributed by atoms with Gasteiger partial charge in [-0.1, -0.05) is 41.4 Å². The van der Waals surface area contributed by atoms with Crippen LogP contribution in [0.5, 0.6) is 5.75 Å². The van der Waals surface area contributed by atoms with Crippen molar-refractivity contribution in [2.24, 2.45) is 0 Å². The van der Waals surface area contributed by atoms with E-state index in [1.165, 1.54) is 12.1 Å². The zero-order valence-electron chi connectivity index (χ0n) is 13.0. The lowest BCUT2D eigenvalue weighted by Gasteiger charge is -2.11. The first-order valence-electron chi connectivity index (χ1n) is 7.49. The number of carbonyl (C=O) groups is 1. The molecule has 3 rings (SSSR count). The van der Waals surface area contributed by atoms with Crippen LogP contribution in [0.25, 0.3) is 11.1 Å². The minimum absolute atomic E-state index is 0.257. The molecule has 3 aromatic rings. The molecule has 0 unspecified atom stereocenters. The molecule has 0 aliphatic heterocycles. The predicted octanol–water partition coefficient (Wildman–Crippen LogP) is 6.19. The monoisotopic (exact) mass is 374 g/mol. The van der Waals surface area contributed by atoms with Gasteiger partial charge < -0.3 is 4.74 Å². The van der Waals surface area contributed by atoms with E-state index in [4.69, 9.17) is 27.9 Å². The van der Waals surface area contributed by atoms with Crippen LogP contribution in [-0.4, -0.2) is 6.29 Å². The fourth-order valence-corrected chi connectivity index (χ4v) is 3.12. The van der Waals surface area contributed by atoms with Gasteiger partial charge in [0, 0.05) is 11.1 Å². The summed E-state index contributed by atoms with van der Waals surface area (Å²) in [7, 11) is 0. The van der Waals surface area contributed by atoms with Gasteiger partial charge in [-0.25, -0.2) is 4.39 Å². The summed E-state index contributed by atoms with van der Waals surface area (Å²) in [4.78, 5) is 10.7. The van der Waals surface area contributed by atoms with Gasteiger partial charge in [0.1, 0.15) is 24.5 Å². The van der Waals surface area contributed by atoms with Crippen molar-refractivity contribution in [1.29, 1.82) is 0 Å². The maximum atomic E-state index is 13.4. The van der Waals surface area contributed by atoms with Gasteiger partial charge in [-0.2, -0.15) is 0 Å². The molecule has 0 aromatic heterocycles. The Bertz CT molecular complexity index is 885. The number of hydrogen-bond donors (Lipinski definition) is 0. The van der Waals surface area contributed by atoms with Crippen molar-refractivity contribution in [2.45, 2.75) is 6.61 Å². The van der Waals surface area contributed by atoms with Crippen LogP contribution < -0.4 is 4.74 Å². The standard InChI is InChI=1S/C20H13Cl2FO2/c21-18-9-16(23)10-19(22)20(18)15-3-1-2-14(8-15)12-25-17-6-4-13(11-24)5-7-17/h1-11H,12H2. The van der Waals surface area contributed by atoms with E-state index in [9.17, 15) is 9.18 Å². The SMILES string of the molecule is O=Cc1ccc(OCc2cccc(-c3c(Cl)cc(F)cc3Cl)c2)cc1. The fraction of sp³-hybridized carbons (Fsp3) is 0.0500. The van der Waals surface area contributed by atoms with Gasteiger partial charge in [0.15, 0.2) is 0 Å². The predicted molar refractivity (Wildman–Crippen MR) is 98.0 cm³/mol. The number of halogens is 3. The van der Waals surface area contributed by atoms with Crippen molar-refractivity contribution in [3.8, 4) is 16.9 Å². The van der Waals surface area contributed by atoms with Crippen molar-refractivity contribution in [2.75, 3.05) is 0 Å². The van der Waals surface area contributed by atoms with Gasteiger partial charge in [0.25, 0.3) is 0 Å². The quantitative estimate of drug-likeness (QED) is 0.497. The van der Waals surface area contributed by atoms with Gasteiger partial charge in [-0.15, -0.1) is 0 Å². The van der Waals surface area contributed by atoms with E-state index in [0.29, 0.717) is 23.5 Å². The van der Waals surface area contributed by atoms with Gasteiger partial charge in [-0.05, 0) is 53.6 Å². The van der Waals surface area contributed by atoms with Gasteiger partial charge in [0.2, 0.25) is 0 Å². The van der Waals surface area contributed by atoms with E-state index < -0.39 is 5.82 Å². The molecule has 25 heavy (non-hydrogen) atoms. The van der Waals surface area contributed by atoms with E-state index in [1.54, 1.807) is 24.3 Å². The molecule has 0 heterocycles. The lowest BCUT2D eigenvalue weighted by Crippen LogP contribution is -1.96. The maximum absolute atomic E-state index is 13.4. The van der Waals surface area contributed by atoms with Crippen LogP contribution in [0.4, 0.5) is 4.39 Å². The first kappa shape index (κ1) is 17.5. The van der Waals surface area contributed by atoms with Crippen molar-refractivity contribution in [3.05, 3.63) is 87.7 Å². The highest BCUT2D eigenvalue weighted by Crippen LogP contribution is 2.35. The first-order chi connectivity index (χ1) is 12.1. The molecule has 0 amide bonds. The van der Waals surface area contributed by atoms with Crippen molar-refractivity contribution < 1.29 is 13.9 Å². The fourth-order valence-electron chi connectivity index (χ4n) is 2.44. The molecule has 5 heteroatoms. The van der Waals surface area contributed by atoms with Gasteiger partial charge in [-0.3, -0.25) is 4.79 Å². The molecule has 0 radical (unpaired) electrons. The van der Waals surface area contributed by atoms with Crippen LogP contribution in [0, 0.1) is 5.82 Å². The van der Waals surface area contributed by atoms with E-state index in [0.717, 1.165) is 17.4 Å². The molecule has 0 aliphatic rings. The number of carbonyl (C=O) groups excluding carboxylic acids is 1. The lowest BCUT2D eigenvalue weighted by molar-refractivity contribution is 0.112.